The molecule has 354 valence electrons. The molecule has 0 bridgehead atoms. The summed E-state index contributed by atoms with van der Waals surface area (Å²) >= 11 is 0. The molecular formula is C44H64N12O9. The van der Waals surface area contributed by atoms with E-state index in [4.69, 9.17) is 17.2 Å². The number of aliphatic imine (C=N–C) groups is 1. The van der Waals surface area contributed by atoms with Gasteiger partial charge in [-0.3, -0.25) is 33.8 Å². The Morgan fingerprint density at radius 1 is 0.692 bits per heavy atom. The number of nitrogens with one attached hydrogen (secondary N) is 7. The standard InChI is InChI=1S/C44H64N12O9/c1-6-25(4)36(42(63)53-33(21-29-22-48-23-50-29)39(60)51-26(5)37(58)54-34(43(64)65)20-27-11-8-7-9-12-27)56-40(61)32(19-28-14-16-30(57)17-15-28)52-41(62)35(24(2)3)55-38(59)31(45)13-10-18-49-44(46)47/h7-9,11-12,14-17,22-26,31-36,57H,6,10,13,18-21,45H2,1-5H3,(H,48,50)(H,51,60)(H,52,62)(H,53,63)(H,54,58)(H,55,59)(H,56,61)(H,64,65)(H4,46,47,49). The molecular weight excluding hydrogens is 841 g/mol. The molecule has 65 heavy (non-hydrogen) atoms. The van der Waals surface area contributed by atoms with Crippen LogP contribution in [-0.4, -0.2) is 116 Å². The van der Waals surface area contributed by atoms with E-state index in [1.54, 1.807) is 70.2 Å². The number of amides is 6. The molecule has 0 spiro atoms. The fraction of sp³-hybridized carbons (Fsp3) is 0.477. The number of H-pyrrole nitrogens is 1. The van der Waals surface area contributed by atoms with Crippen LogP contribution in [0.2, 0.25) is 0 Å². The van der Waals surface area contributed by atoms with Crippen molar-refractivity contribution in [2.45, 2.75) is 115 Å². The highest BCUT2D eigenvalue weighted by molar-refractivity contribution is 5.97. The van der Waals surface area contributed by atoms with E-state index >= 15 is 0 Å². The number of hydrogen-bond donors (Lipinski definition) is 12. The molecule has 0 aliphatic heterocycles. The van der Waals surface area contributed by atoms with Crippen molar-refractivity contribution in [2.24, 2.45) is 34.0 Å². The fourth-order valence-electron chi connectivity index (χ4n) is 6.55. The van der Waals surface area contributed by atoms with E-state index in [1.165, 1.54) is 31.6 Å². The van der Waals surface area contributed by atoms with Gasteiger partial charge in [0.25, 0.3) is 0 Å². The van der Waals surface area contributed by atoms with Gasteiger partial charge in [0.15, 0.2) is 5.96 Å². The Balaban J connectivity index is 1.83. The van der Waals surface area contributed by atoms with Crippen LogP contribution >= 0.6 is 0 Å². The molecule has 3 aromatic rings. The van der Waals surface area contributed by atoms with Gasteiger partial charge in [-0.15, -0.1) is 0 Å². The van der Waals surface area contributed by atoms with Crippen molar-refractivity contribution in [1.82, 2.24) is 41.9 Å². The van der Waals surface area contributed by atoms with Gasteiger partial charge in [-0.2, -0.15) is 0 Å². The van der Waals surface area contributed by atoms with Gasteiger partial charge < -0.3 is 64.3 Å². The molecule has 15 N–H and O–H groups in total. The van der Waals surface area contributed by atoms with Gasteiger partial charge in [-0.1, -0.05) is 76.6 Å². The summed E-state index contributed by atoms with van der Waals surface area (Å²) in [5.41, 5.74) is 18.5. The van der Waals surface area contributed by atoms with Crippen molar-refractivity contribution in [1.29, 1.82) is 0 Å². The van der Waals surface area contributed by atoms with E-state index in [1.807, 2.05) is 0 Å². The summed E-state index contributed by atoms with van der Waals surface area (Å²) in [4.78, 5) is 105. The maximum absolute atomic E-state index is 14.3. The van der Waals surface area contributed by atoms with Crippen molar-refractivity contribution in [3.63, 3.8) is 0 Å². The van der Waals surface area contributed by atoms with Gasteiger partial charge in [-0.05, 0) is 54.9 Å². The number of carbonyl (C=O) groups is 7. The molecule has 0 fully saturated rings. The van der Waals surface area contributed by atoms with Crippen LogP contribution in [0.15, 0.2) is 72.1 Å². The first-order valence-electron chi connectivity index (χ1n) is 21.4. The summed E-state index contributed by atoms with van der Waals surface area (Å²) in [5.74, 6) is -6.75. The third kappa shape index (κ3) is 17.6. The van der Waals surface area contributed by atoms with Crippen molar-refractivity contribution in [3.8, 4) is 5.75 Å². The minimum atomic E-state index is -1.32. The number of aromatic hydroxyl groups is 1. The number of phenols is 1. The lowest BCUT2D eigenvalue weighted by molar-refractivity contribution is -0.142. The van der Waals surface area contributed by atoms with Gasteiger partial charge in [0.05, 0.1) is 12.4 Å². The molecule has 2 aromatic carbocycles. The summed E-state index contributed by atoms with van der Waals surface area (Å²) in [6, 6.07) is 6.14. The molecule has 0 aliphatic carbocycles. The Labute approximate surface area is 377 Å². The van der Waals surface area contributed by atoms with Gasteiger partial charge in [0.2, 0.25) is 35.4 Å². The van der Waals surface area contributed by atoms with Crippen LogP contribution in [0.5, 0.6) is 5.75 Å². The third-order valence-corrected chi connectivity index (χ3v) is 10.6. The van der Waals surface area contributed by atoms with Crippen LogP contribution in [0.25, 0.3) is 0 Å². The molecule has 1 heterocycles. The number of phenolic OH excluding ortho intramolecular Hbond substituents is 1. The lowest BCUT2D eigenvalue weighted by Crippen LogP contribution is -2.61. The highest BCUT2D eigenvalue weighted by Gasteiger charge is 2.35. The molecule has 8 unspecified atom stereocenters. The van der Waals surface area contributed by atoms with Crippen molar-refractivity contribution < 1.29 is 43.8 Å². The molecule has 21 heteroatoms. The van der Waals surface area contributed by atoms with E-state index in [0.29, 0.717) is 29.7 Å². The first kappa shape index (κ1) is 52.3. The maximum atomic E-state index is 14.3. The zero-order chi connectivity index (χ0) is 48.2. The van der Waals surface area contributed by atoms with Gasteiger partial charge in [-0.25, -0.2) is 9.78 Å². The molecule has 0 aliphatic rings. The van der Waals surface area contributed by atoms with Gasteiger partial charge in [0.1, 0.15) is 42.0 Å². The third-order valence-electron chi connectivity index (χ3n) is 10.6. The van der Waals surface area contributed by atoms with Crippen molar-refractivity contribution >= 4 is 47.4 Å². The van der Waals surface area contributed by atoms with Crippen LogP contribution in [0.4, 0.5) is 0 Å². The van der Waals surface area contributed by atoms with E-state index in [0.717, 1.165) is 0 Å². The summed E-state index contributed by atoms with van der Waals surface area (Å²) in [5, 5.41) is 35.6. The highest BCUT2D eigenvalue weighted by Crippen LogP contribution is 2.15. The molecule has 0 saturated carbocycles. The number of nitrogens with two attached hydrogens (primary N) is 3. The summed E-state index contributed by atoms with van der Waals surface area (Å²) in [6.45, 7) is 8.54. The number of guanidine groups is 1. The number of aromatic amines is 1. The molecule has 3 rings (SSSR count). The van der Waals surface area contributed by atoms with E-state index < -0.39 is 95.5 Å². The number of carboxylic acid groups (broad SMARTS) is 1. The van der Waals surface area contributed by atoms with Crippen LogP contribution in [0.1, 0.15) is 70.7 Å². The predicted molar refractivity (Wildman–Crippen MR) is 241 cm³/mol. The van der Waals surface area contributed by atoms with Crippen molar-refractivity contribution in [2.75, 3.05) is 6.54 Å². The smallest absolute Gasteiger partial charge is 0.326 e. The number of aromatic nitrogens is 2. The number of benzene rings is 2. The van der Waals surface area contributed by atoms with Crippen LogP contribution in [0.3, 0.4) is 0 Å². The SMILES string of the molecule is CCC(C)C(NC(=O)C(Cc1ccc(O)cc1)NC(=O)C(NC(=O)C(N)CCCN=C(N)N)C(C)C)C(=O)NC(Cc1cnc[nH]1)C(=O)NC(C)C(=O)NC(Cc1ccccc1)C(=O)O. The van der Waals surface area contributed by atoms with E-state index in [9.17, 15) is 43.8 Å². The number of nitrogens with zero attached hydrogens (tertiary/aromatic N) is 2. The number of aliphatic carboxylic acids is 1. The van der Waals surface area contributed by atoms with E-state index in [2.05, 4.69) is 46.9 Å². The number of carboxylic acids is 1. The van der Waals surface area contributed by atoms with Crippen LogP contribution in [-0.2, 0) is 52.8 Å². The van der Waals surface area contributed by atoms with Crippen LogP contribution in [0, 0.1) is 11.8 Å². The second kappa shape index (κ2) is 25.9. The zero-order valence-corrected chi connectivity index (χ0v) is 37.4. The average molecular weight is 905 g/mol. The largest absolute Gasteiger partial charge is 0.508 e. The lowest BCUT2D eigenvalue weighted by Gasteiger charge is -2.30. The van der Waals surface area contributed by atoms with Crippen molar-refractivity contribution in [3.05, 3.63) is 83.9 Å². The first-order chi connectivity index (χ1) is 30.8. The molecule has 21 nitrogen and oxygen atoms in total. The Kier molecular flexibility index (Phi) is 20.9. The normalized spacial score (nSPS) is 14.8. The highest BCUT2D eigenvalue weighted by atomic mass is 16.4. The Hall–Kier alpha value is -7.03. The van der Waals surface area contributed by atoms with Gasteiger partial charge >= 0.3 is 5.97 Å². The quantitative estimate of drug-likeness (QED) is 0.0268. The number of rotatable bonds is 26. The maximum Gasteiger partial charge on any atom is 0.326 e. The Morgan fingerprint density at radius 2 is 1.25 bits per heavy atom. The molecule has 6 amide bonds. The number of carbonyl (C=O) groups excluding carboxylic acids is 6. The minimum Gasteiger partial charge on any atom is -0.508 e. The topological polar surface area (TPSA) is 351 Å². The van der Waals surface area contributed by atoms with Crippen LogP contribution < -0.4 is 49.1 Å². The summed E-state index contributed by atoms with van der Waals surface area (Å²) in [7, 11) is 0. The lowest BCUT2D eigenvalue weighted by atomic mass is 9.96. The predicted octanol–water partition coefficient (Wildman–Crippen LogP) is -0.761. The first-order valence-corrected chi connectivity index (χ1v) is 21.4. The Bertz CT molecular complexity index is 2060. The summed E-state index contributed by atoms with van der Waals surface area (Å²) in [6.07, 6.45) is 3.65. The second-order valence-electron chi connectivity index (χ2n) is 16.3. The molecule has 1 aromatic heterocycles. The fourth-order valence-corrected chi connectivity index (χ4v) is 6.55. The zero-order valence-electron chi connectivity index (χ0n) is 37.4. The molecule has 8 atom stereocenters. The van der Waals surface area contributed by atoms with E-state index in [-0.39, 0.29) is 43.9 Å². The molecule has 0 radical (unpaired) electrons. The molecule has 0 saturated heterocycles. The second-order valence-corrected chi connectivity index (χ2v) is 16.3. The Morgan fingerprint density at radius 3 is 1.82 bits per heavy atom. The minimum absolute atomic E-state index is 0.00346. The van der Waals surface area contributed by atoms with Gasteiger partial charge in [0, 0.05) is 37.7 Å². The number of hydrogen-bond acceptors (Lipinski definition) is 11. The summed E-state index contributed by atoms with van der Waals surface area (Å²) < 4.78 is 0. The monoisotopic (exact) mass is 904 g/mol. The average Bonchev–Trinajstić information content (AvgIpc) is 3.78. The number of imidazole rings is 1.